The second-order valence-electron chi connectivity index (χ2n) is 10.2. The van der Waals surface area contributed by atoms with Crippen molar-refractivity contribution in [1.29, 1.82) is 0 Å². The maximum absolute atomic E-state index is 13.2. The van der Waals surface area contributed by atoms with E-state index in [-0.39, 0.29) is 39.1 Å². The minimum Gasteiger partial charge on any atom is -0.457 e. The Morgan fingerprint density at radius 2 is 1.87 bits per heavy atom. The number of aromatic nitrogens is 2. The van der Waals surface area contributed by atoms with Gasteiger partial charge in [0.2, 0.25) is 5.01 Å². The molecule has 1 saturated carbocycles. The van der Waals surface area contributed by atoms with E-state index in [0.717, 1.165) is 55.4 Å². The molecule has 1 aliphatic heterocycles. The molecular weight excluding hydrogens is 545 g/mol. The zero-order valence-corrected chi connectivity index (χ0v) is 23.0. The van der Waals surface area contributed by atoms with E-state index >= 15 is 0 Å². The third kappa shape index (κ3) is 5.92. The molecule has 2 aromatic rings. The Morgan fingerprint density at radius 1 is 1.18 bits per heavy atom. The van der Waals surface area contributed by atoms with E-state index in [2.05, 4.69) is 20.4 Å². The average Bonchev–Trinajstić information content (AvgIpc) is 3.30. The fourth-order valence-electron chi connectivity index (χ4n) is 4.79. The predicted molar refractivity (Wildman–Crippen MR) is 137 cm³/mol. The van der Waals surface area contributed by atoms with Gasteiger partial charge in [-0.25, -0.2) is 4.79 Å². The van der Waals surface area contributed by atoms with E-state index in [0.29, 0.717) is 5.69 Å². The van der Waals surface area contributed by atoms with Crippen LogP contribution in [0, 0.1) is 0 Å². The summed E-state index contributed by atoms with van der Waals surface area (Å²) in [5.74, 6) is -0.608. The summed E-state index contributed by atoms with van der Waals surface area (Å²) in [7, 11) is -3.93. The second-order valence-corrected chi connectivity index (χ2v) is 12.8. The molecule has 208 valence electrons. The Morgan fingerprint density at radius 3 is 2.53 bits per heavy atom. The summed E-state index contributed by atoms with van der Waals surface area (Å²) in [5, 5.41) is 15.5. The zero-order valence-electron chi connectivity index (χ0n) is 21.4. The first kappa shape index (κ1) is 28.2. The number of azo groups is 1. The molecule has 1 atom stereocenters. The number of hydrogen-bond acceptors (Lipinski definition) is 10. The van der Waals surface area contributed by atoms with Crippen LogP contribution in [0.15, 0.2) is 22.4 Å². The molecule has 2 aliphatic rings. The molecule has 0 saturated heterocycles. The number of carbonyl (C=O) groups is 1. The van der Waals surface area contributed by atoms with Gasteiger partial charge in [-0.2, -0.15) is 21.6 Å². The smallest absolute Gasteiger partial charge is 0.457 e. The van der Waals surface area contributed by atoms with Crippen molar-refractivity contribution >= 4 is 49.5 Å². The van der Waals surface area contributed by atoms with Gasteiger partial charge < -0.3 is 9.64 Å². The second kappa shape index (κ2) is 10.4. The van der Waals surface area contributed by atoms with Gasteiger partial charge >= 0.3 is 21.5 Å². The minimum atomic E-state index is -5.72. The molecule has 1 fully saturated rings. The van der Waals surface area contributed by atoms with E-state index in [9.17, 15) is 26.4 Å². The SMILES string of the molecule is CC1CC(C)(C)N(C)c2cc(NS(=O)(=O)C(F)(F)F)c(N=Nc3nnc(C(=O)OC4CCCCC4)s3)cc21. The molecule has 38 heavy (non-hydrogen) atoms. The first-order valence-electron chi connectivity index (χ1n) is 12.1. The fraction of sp³-hybridized carbons (Fsp3) is 0.609. The van der Waals surface area contributed by atoms with Crippen LogP contribution in [0.1, 0.15) is 80.6 Å². The Bertz CT molecular complexity index is 1340. The molecule has 0 amide bonds. The van der Waals surface area contributed by atoms with E-state index in [1.54, 1.807) is 11.8 Å². The van der Waals surface area contributed by atoms with Crippen LogP contribution in [0.5, 0.6) is 0 Å². The van der Waals surface area contributed by atoms with E-state index in [1.165, 1.54) is 12.1 Å². The lowest BCUT2D eigenvalue weighted by atomic mass is 9.80. The summed E-state index contributed by atoms with van der Waals surface area (Å²) in [6, 6.07) is 2.85. The van der Waals surface area contributed by atoms with Crippen LogP contribution >= 0.6 is 11.3 Å². The highest BCUT2D eigenvalue weighted by Crippen LogP contribution is 2.47. The van der Waals surface area contributed by atoms with Crippen LogP contribution in [0.2, 0.25) is 0 Å². The highest BCUT2D eigenvalue weighted by atomic mass is 32.2. The van der Waals surface area contributed by atoms with Gasteiger partial charge in [-0.3, -0.25) is 4.72 Å². The lowest BCUT2D eigenvalue weighted by Crippen LogP contribution is -2.45. The average molecular weight is 575 g/mol. The van der Waals surface area contributed by atoms with Crippen molar-refractivity contribution in [3.63, 3.8) is 0 Å². The van der Waals surface area contributed by atoms with Gasteiger partial charge in [-0.05, 0) is 69.6 Å². The van der Waals surface area contributed by atoms with Crippen LogP contribution in [0.25, 0.3) is 0 Å². The first-order chi connectivity index (χ1) is 17.7. The number of esters is 1. The molecule has 1 aromatic carbocycles. The lowest BCUT2D eigenvalue weighted by Gasteiger charge is -2.45. The van der Waals surface area contributed by atoms with Gasteiger partial charge in [0.05, 0.1) is 5.69 Å². The molecule has 0 bridgehead atoms. The Hall–Kier alpha value is -2.81. The van der Waals surface area contributed by atoms with Crippen molar-refractivity contribution in [1.82, 2.24) is 10.2 Å². The summed E-state index contributed by atoms with van der Waals surface area (Å²) in [6.07, 6.45) is 5.24. The number of benzene rings is 1. The number of ether oxygens (including phenoxy) is 1. The number of alkyl halides is 3. The van der Waals surface area contributed by atoms with Crippen molar-refractivity contribution in [3.8, 4) is 0 Å². The van der Waals surface area contributed by atoms with E-state index in [1.807, 2.05) is 25.7 Å². The maximum Gasteiger partial charge on any atom is 0.516 e. The number of rotatable bonds is 6. The fourth-order valence-corrected chi connectivity index (χ4v) is 5.91. The van der Waals surface area contributed by atoms with Crippen LogP contribution in [0.3, 0.4) is 0 Å². The molecule has 1 aromatic heterocycles. The van der Waals surface area contributed by atoms with Gasteiger partial charge in [0.25, 0.3) is 5.13 Å². The van der Waals surface area contributed by atoms with Crippen molar-refractivity contribution in [2.24, 2.45) is 10.2 Å². The first-order valence-corrected chi connectivity index (χ1v) is 14.4. The van der Waals surface area contributed by atoms with Gasteiger partial charge in [0, 0.05) is 18.3 Å². The highest BCUT2D eigenvalue weighted by Gasteiger charge is 2.46. The van der Waals surface area contributed by atoms with Crippen molar-refractivity contribution in [2.75, 3.05) is 16.7 Å². The van der Waals surface area contributed by atoms with Crippen LogP contribution in [-0.4, -0.2) is 48.8 Å². The summed E-state index contributed by atoms with van der Waals surface area (Å²) in [4.78, 5) is 14.3. The number of fused-ring (bicyclic) bond motifs is 1. The third-order valence-corrected chi connectivity index (χ3v) is 8.84. The summed E-state index contributed by atoms with van der Waals surface area (Å²) in [6.45, 7) is 5.96. The molecule has 1 aliphatic carbocycles. The van der Waals surface area contributed by atoms with Crippen LogP contribution in [0.4, 0.5) is 35.4 Å². The molecule has 1 unspecified atom stereocenters. The third-order valence-electron chi connectivity index (χ3n) is 6.96. The summed E-state index contributed by atoms with van der Waals surface area (Å²) >= 11 is 0.817. The van der Waals surface area contributed by atoms with Gasteiger partial charge in [0.15, 0.2) is 0 Å². The van der Waals surface area contributed by atoms with Gasteiger partial charge in [0.1, 0.15) is 11.8 Å². The number of carbonyl (C=O) groups excluding carboxylic acids is 1. The topological polar surface area (TPSA) is 126 Å². The molecule has 15 heteroatoms. The van der Waals surface area contributed by atoms with Crippen LogP contribution in [-0.2, 0) is 14.8 Å². The number of anilines is 2. The Balaban J connectivity index is 1.65. The standard InChI is InChI=1S/C23H29F3N6O4S2/c1-13-12-22(2,3)32(4)18-11-17(31-38(34,35)23(24,25)26)16(10-15(13)18)27-29-21-30-28-19(37-21)20(33)36-14-8-6-5-7-9-14/h10-11,13-14,31H,5-9,12H2,1-4H3. The number of nitrogens with zero attached hydrogens (tertiary/aromatic N) is 5. The molecule has 4 rings (SSSR count). The molecule has 2 heterocycles. The quantitative estimate of drug-likeness (QED) is 0.311. The van der Waals surface area contributed by atoms with Gasteiger partial charge in [-0.1, -0.05) is 24.7 Å². The Labute approximate surface area is 222 Å². The number of nitrogens with one attached hydrogen (secondary N) is 1. The molecule has 1 N–H and O–H groups in total. The molecule has 10 nitrogen and oxygen atoms in total. The lowest BCUT2D eigenvalue weighted by molar-refractivity contribution is -0.0429. The van der Waals surface area contributed by atoms with Crippen molar-refractivity contribution in [2.45, 2.75) is 82.4 Å². The number of sulfonamides is 1. The summed E-state index contributed by atoms with van der Waals surface area (Å²) in [5.41, 5.74) is -4.99. The maximum atomic E-state index is 13.2. The molecule has 0 spiro atoms. The Kier molecular flexibility index (Phi) is 7.72. The number of hydrogen-bond donors (Lipinski definition) is 1. The molecule has 0 radical (unpaired) electrons. The minimum absolute atomic E-state index is 0.0149. The monoisotopic (exact) mass is 574 g/mol. The normalized spacial score (nSPS) is 20.4. The van der Waals surface area contributed by atoms with Crippen molar-refractivity contribution in [3.05, 3.63) is 22.7 Å². The predicted octanol–water partition coefficient (Wildman–Crippen LogP) is 6.43. The van der Waals surface area contributed by atoms with E-state index < -0.39 is 21.5 Å². The number of halogens is 3. The van der Waals surface area contributed by atoms with Crippen molar-refractivity contribution < 1.29 is 31.1 Å². The van der Waals surface area contributed by atoms with E-state index in [4.69, 9.17) is 4.74 Å². The zero-order chi connectivity index (χ0) is 27.9. The van der Waals surface area contributed by atoms with Crippen LogP contribution < -0.4 is 9.62 Å². The summed E-state index contributed by atoms with van der Waals surface area (Å²) < 4.78 is 70.5. The highest BCUT2D eigenvalue weighted by molar-refractivity contribution is 7.93. The van der Waals surface area contributed by atoms with Gasteiger partial charge in [-0.15, -0.1) is 20.4 Å². The molecular formula is C23H29F3N6O4S2. The largest absolute Gasteiger partial charge is 0.516 e.